The van der Waals surface area contributed by atoms with Gasteiger partial charge in [-0.3, -0.25) is 4.98 Å². The van der Waals surface area contributed by atoms with Crippen LogP contribution in [0.15, 0.2) is 42.6 Å². The van der Waals surface area contributed by atoms with Crippen LogP contribution in [0.4, 0.5) is 5.69 Å². The fourth-order valence-corrected chi connectivity index (χ4v) is 1.47. The topological polar surface area (TPSA) is 74.4 Å². The zero-order valence-electron chi connectivity index (χ0n) is 10.5. The molecule has 19 heavy (non-hydrogen) atoms. The molecule has 0 aliphatic carbocycles. The number of ether oxygens (including phenoxy) is 2. The first-order chi connectivity index (χ1) is 9.19. The van der Waals surface area contributed by atoms with Crippen LogP contribution >= 0.6 is 0 Å². The summed E-state index contributed by atoms with van der Waals surface area (Å²) < 4.78 is 10.1. The Morgan fingerprint density at radius 1 is 1.21 bits per heavy atom. The highest BCUT2D eigenvalue weighted by molar-refractivity contribution is 5.88. The molecule has 2 N–H and O–H groups in total. The van der Waals surface area contributed by atoms with Crippen LogP contribution in [-0.2, 0) is 11.3 Å². The van der Waals surface area contributed by atoms with E-state index in [0.717, 1.165) is 5.69 Å². The van der Waals surface area contributed by atoms with Gasteiger partial charge in [0.2, 0.25) is 0 Å². The van der Waals surface area contributed by atoms with Gasteiger partial charge in [0.05, 0.1) is 18.4 Å². The molecule has 0 amide bonds. The average Bonchev–Trinajstić information content (AvgIpc) is 2.46. The number of benzene rings is 1. The number of pyridine rings is 1. The number of nitrogen functional groups attached to an aromatic ring is 1. The van der Waals surface area contributed by atoms with Crippen LogP contribution in [0.1, 0.15) is 16.1 Å². The lowest BCUT2D eigenvalue weighted by Crippen LogP contribution is -2.04. The van der Waals surface area contributed by atoms with Gasteiger partial charge in [0.1, 0.15) is 12.4 Å². The number of rotatable bonds is 4. The third-order valence-corrected chi connectivity index (χ3v) is 2.51. The van der Waals surface area contributed by atoms with Crippen LogP contribution in [-0.4, -0.2) is 18.1 Å². The highest BCUT2D eigenvalue weighted by Crippen LogP contribution is 2.14. The number of hydrogen-bond donors (Lipinski definition) is 1. The van der Waals surface area contributed by atoms with Crippen molar-refractivity contribution in [1.29, 1.82) is 0 Å². The molecule has 0 fully saturated rings. The molecule has 5 heteroatoms. The number of nitrogens with two attached hydrogens (primary N) is 1. The van der Waals surface area contributed by atoms with Crippen LogP contribution < -0.4 is 10.5 Å². The second-order valence-electron chi connectivity index (χ2n) is 3.89. The summed E-state index contributed by atoms with van der Waals surface area (Å²) in [5, 5.41) is 0. The summed E-state index contributed by atoms with van der Waals surface area (Å²) in [7, 11) is 1.33. The van der Waals surface area contributed by atoms with Gasteiger partial charge in [-0.2, -0.15) is 0 Å². The minimum absolute atomic E-state index is 0.325. The largest absolute Gasteiger partial charge is 0.487 e. The first-order valence-electron chi connectivity index (χ1n) is 5.70. The number of aromatic nitrogens is 1. The molecule has 0 spiro atoms. The second kappa shape index (κ2) is 5.86. The monoisotopic (exact) mass is 258 g/mol. The van der Waals surface area contributed by atoms with E-state index >= 15 is 0 Å². The van der Waals surface area contributed by atoms with Gasteiger partial charge in [0.25, 0.3) is 0 Å². The molecule has 1 heterocycles. The summed E-state index contributed by atoms with van der Waals surface area (Å²) >= 11 is 0. The van der Waals surface area contributed by atoms with Crippen LogP contribution in [0.25, 0.3) is 0 Å². The zero-order chi connectivity index (χ0) is 13.7. The molecule has 2 aromatic rings. The molecule has 0 aliphatic heterocycles. The van der Waals surface area contributed by atoms with E-state index < -0.39 is 5.97 Å². The predicted molar refractivity (Wildman–Crippen MR) is 70.8 cm³/mol. The summed E-state index contributed by atoms with van der Waals surface area (Å²) in [6, 6.07) is 10.5. The van der Waals surface area contributed by atoms with Gasteiger partial charge in [0.15, 0.2) is 0 Å². The maximum absolute atomic E-state index is 11.2. The Hall–Kier alpha value is -2.56. The molecule has 0 radical (unpaired) electrons. The third kappa shape index (κ3) is 3.45. The maximum atomic E-state index is 11.2. The van der Waals surface area contributed by atoms with Crippen LogP contribution in [0.2, 0.25) is 0 Å². The molecule has 0 unspecified atom stereocenters. The van der Waals surface area contributed by atoms with E-state index in [9.17, 15) is 4.79 Å². The Kier molecular flexibility index (Phi) is 3.97. The number of esters is 1. The Bertz CT molecular complexity index is 550. The molecule has 0 aliphatic rings. The minimum atomic E-state index is -0.404. The van der Waals surface area contributed by atoms with Crippen LogP contribution in [0.5, 0.6) is 5.75 Å². The summed E-state index contributed by atoms with van der Waals surface area (Å²) in [6.45, 7) is 0.325. The fraction of sp³-hybridized carbons (Fsp3) is 0.143. The molecule has 0 saturated carbocycles. The second-order valence-corrected chi connectivity index (χ2v) is 3.89. The molecule has 5 nitrogen and oxygen atoms in total. The lowest BCUT2D eigenvalue weighted by Gasteiger charge is -2.06. The van der Waals surface area contributed by atoms with Crippen molar-refractivity contribution in [1.82, 2.24) is 4.98 Å². The molecule has 0 bridgehead atoms. The van der Waals surface area contributed by atoms with Crippen molar-refractivity contribution in [3.63, 3.8) is 0 Å². The van der Waals surface area contributed by atoms with Gasteiger partial charge < -0.3 is 15.2 Å². The van der Waals surface area contributed by atoms with E-state index in [2.05, 4.69) is 9.72 Å². The SMILES string of the molecule is COC(=O)c1ccc(COc2ccc(N)cc2)nc1. The minimum Gasteiger partial charge on any atom is -0.487 e. The maximum Gasteiger partial charge on any atom is 0.339 e. The van der Waals surface area contributed by atoms with E-state index in [-0.39, 0.29) is 0 Å². The van der Waals surface area contributed by atoms with Crippen molar-refractivity contribution in [3.05, 3.63) is 53.9 Å². The van der Waals surface area contributed by atoms with Crippen LogP contribution in [0, 0.1) is 0 Å². The molecule has 0 atom stereocenters. The van der Waals surface area contributed by atoms with Crippen molar-refractivity contribution in [2.75, 3.05) is 12.8 Å². The Labute approximate surface area is 111 Å². The highest BCUT2D eigenvalue weighted by atomic mass is 16.5. The van der Waals surface area contributed by atoms with Crippen molar-refractivity contribution < 1.29 is 14.3 Å². The van der Waals surface area contributed by atoms with E-state index in [4.69, 9.17) is 10.5 Å². The van der Waals surface area contributed by atoms with E-state index in [1.54, 1.807) is 36.4 Å². The van der Waals surface area contributed by atoms with Gasteiger partial charge in [-0.15, -0.1) is 0 Å². The highest BCUT2D eigenvalue weighted by Gasteiger charge is 2.05. The van der Waals surface area contributed by atoms with Gasteiger partial charge in [0, 0.05) is 11.9 Å². The average molecular weight is 258 g/mol. The van der Waals surface area contributed by atoms with Gasteiger partial charge >= 0.3 is 5.97 Å². The lowest BCUT2D eigenvalue weighted by molar-refractivity contribution is 0.0600. The number of carbonyl (C=O) groups is 1. The molecular weight excluding hydrogens is 244 g/mol. The summed E-state index contributed by atoms with van der Waals surface area (Å²) in [5.74, 6) is 0.312. The number of hydrogen-bond acceptors (Lipinski definition) is 5. The smallest absolute Gasteiger partial charge is 0.339 e. The van der Waals surface area contributed by atoms with E-state index in [1.807, 2.05) is 0 Å². The van der Waals surface area contributed by atoms with Crippen LogP contribution in [0.3, 0.4) is 0 Å². The molecule has 1 aromatic heterocycles. The quantitative estimate of drug-likeness (QED) is 0.671. The van der Waals surface area contributed by atoms with Gasteiger partial charge in [-0.25, -0.2) is 4.79 Å². The summed E-state index contributed by atoms with van der Waals surface area (Å²) in [4.78, 5) is 15.4. The third-order valence-electron chi connectivity index (χ3n) is 2.51. The Morgan fingerprint density at radius 3 is 2.53 bits per heavy atom. The van der Waals surface area contributed by atoms with Crippen molar-refractivity contribution in [2.45, 2.75) is 6.61 Å². The molecule has 1 aromatic carbocycles. The Balaban J connectivity index is 1.96. The van der Waals surface area contributed by atoms with E-state index in [1.165, 1.54) is 13.3 Å². The zero-order valence-corrected chi connectivity index (χ0v) is 10.5. The number of nitrogens with zero attached hydrogens (tertiary/aromatic N) is 1. The van der Waals surface area contributed by atoms with Gasteiger partial charge in [-0.05, 0) is 36.4 Å². The lowest BCUT2D eigenvalue weighted by atomic mass is 10.2. The first kappa shape index (κ1) is 12.9. The predicted octanol–water partition coefficient (Wildman–Crippen LogP) is 2.03. The molecule has 0 saturated heterocycles. The van der Waals surface area contributed by atoms with Crippen molar-refractivity contribution in [2.24, 2.45) is 0 Å². The number of carbonyl (C=O) groups excluding carboxylic acids is 1. The molecular formula is C14H14N2O3. The first-order valence-corrected chi connectivity index (χ1v) is 5.70. The van der Waals surface area contributed by atoms with Crippen molar-refractivity contribution in [3.8, 4) is 5.75 Å². The van der Waals surface area contributed by atoms with Gasteiger partial charge in [-0.1, -0.05) is 0 Å². The number of anilines is 1. The molecule has 98 valence electrons. The summed E-state index contributed by atoms with van der Waals surface area (Å²) in [5.41, 5.74) is 7.41. The normalized spacial score (nSPS) is 9.95. The van der Waals surface area contributed by atoms with Crippen molar-refractivity contribution >= 4 is 11.7 Å². The fourth-order valence-electron chi connectivity index (χ4n) is 1.47. The van der Waals surface area contributed by atoms with E-state index in [0.29, 0.717) is 23.6 Å². The Morgan fingerprint density at radius 2 is 1.95 bits per heavy atom. The number of methoxy groups -OCH3 is 1. The standard InChI is InChI=1S/C14H14N2O3/c1-18-14(17)10-2-5-12(16-8-10)9-19-13-6-3-11(15)4-7-13/h2-8H,9,15H2,1H3. The summed E-state index contributed by atoms with van der Waals surface area (Å²) in [6.07, 6.45) is 1.47. The molecule has 2 rings (SSSR count).